The summed E-state index contributed by atoms with van der Waals surface area (Å²) < 4.78 is 5.47. The Kier molecular flexibility index (Phi) is 9.95. The molecule has 0 aromatic heterocycles. The van der Waals surface area contributed by atoms with Crippen molar-refractivity contribution >= 4 is 41.5 Å². The molecule has 1 amide bonds. The van der Waals surface area contributed by atoms with Crippen molar-refractivity contribution in [2.75, 3.05) is 44.3 Å². The van der Waals surface area contributed by atoms with Gasteiger partial charge in [-0.1, -0.05) is 42.5 Å². The second-order valence-electron chi connectivity index (χ2n) is 8.24. The molecule has 2 aliphatic heterocycles. The monoisotopic (exact) mass is 563 g/mol. The van der Waals surface area contributed by atoms with Gasteiger partial charge >= 0.3 is 0 Å². The van der Waals surface area contributed by atoms with Gasteiger partial charge in [0.05, 0.1) is 25.8 Å². The lowest BCUT2D eigenvalue weighted by atomic mass is 10.1. The van der Waals surface area contributed by atoms with Crippen molar-refractivity contribution in [2.45, 2.75) is 32.5 Å². The molecule has 0 radical (unpaired) electrons. The molecule has 178 valence electrons. The summed E-state index contributed by atoms with van der Waals surface area (Å²) in [5, 5.41) is 6.80. The van der Waals surface area contributed by atoms with Gasteiger partial charge in [-0.2, -0.15) is 0 Å². The third-order valence-electron chi connectivity index (χ3n) is 5.90. The van der Waals surface area contributed by atoms with E-state index in [-0.39, 0.29) is 35.9 Å². The number of halogens is 1. The first-order chi connectivity index (χ1) is 15.7. The van der Waals surface area contributed by atoms with Crippen LogP contribution in [0.4, 0.5) is 5.69 Å². The van der Waals surface area contributed by atoms with Crippen LogP contribution in [0.2, 0.25) is 0 Å². The Labute approximate surface area is 213 Å². The molecule has 7 nitrogen and oxygen atoms in total. The number of benzene rings is 2. The van der Waals surface area contributed by atoms with Crippen molar-refractivity contribution in [2.24, 2.45) is 4.99 Å². The standard InChI is InChI=1S/C25H33N5O2.HI/c1-2-26-25(28-22-16-24(31)30(19-22)23-10-4-3-5-11-23)27-17-20-8-6-7-9-21(20)18-29-12-14-32-15-13-29;/h3-11,22H,2,12-19H2,1H3,(H2,26,27,28);1H. The SMILES string of the molecule is CCNC(=NCc1ccccc1CN1CCOCC1)NC1CC(=O)N(c2ccccc2)C1.I. The predicted molar refractivity (Wildman–Crippen MR) is 143 cm³/mol. The van der Waals surface area contributed by atoms with Crippen LogP contribution in [0.25, 0.3) is 0 Å². The van der Waals surface area contributed by atoms with E-state index in [2.05, 4.69) is 46.7 Å². The van der Waals surface area contributed by atoms with E-state index >= 15 is 0 Å². The van der Waals surface area contributed by atoms with E-state index < -0.39 is 0 Å². The maximum absolute atomic E-state index is 12.5. The Hall–Kier alpha value is -2.17. The van der Waals surface area contributed by atoms with Crippen LogP contribution in [0.5, 0.6) is 0 Å². The van der Waals surface area contributed by atoms with Crippen molar-refractivity contribution in [3.05, 3.63) is 65.7 Å². The number of hydrogen-bond donors (Lipinski definition) is 2. The van der Waals surface area contributed by atoms with Crippen molar-refractivity contribution in [1.82, 2.24) is 15.5 Å². The molecule has 0 spiro atoms. The van der Waals surface area contributed by atoms with E-state index in [1.165, 1.54) is 11.1 Å². The second-order valence-corrected chi connectivity index (χ2v) is 8.24. The number of carbonyl (C=O) groups excluding carboxylic acids is 1. The number of aliphatic imine (C=N–C) groups is 1. The second kappa shape index (κ2) is 12.9. The average molecular weight is 563 g/mol. The lowest BCUT2D eigenvalue weighted by molar-refractivity contribution is -0.117. The first-order valence-electron chi connectivity index (χ1n) is 11.5. The zero-order valence-corrected chi connectivity index (χ0v) is 21.5. The van der Waals surface area contributed by atoms with E-state index in [0.29, 0.717) is 19.5 Å². The summed E-state index contributed by atoms with van der Waals surface area (Å²) in [7, 11) is 0. The van der Waals surface area contributed by atoms with E-state index in [4.69, 9.17) is 9.73 Å². The maximum atomic E-state index is 12.5. The number of hydrogen-bond acceptors (Lipinski definition) is 4. The van der Waals surface area contributed by atoms with Gasteiger partial charge < -0.3 is 20.3 Å². The van der Waals surface area contributed by atoms with Gasteiger partial charge in [0.25, 0.3) is 0 Å². The first kappa shape index (κ1) is 25.5. The Morgan fingerprint density at radius 2 is 1.76 bits per heavy atom. The Bertz CT molecular complexity index is 918. The molecule has 2 aliphatic rings. The smallest absolute Gasteiger partial charge is 0.229 e. The number of rotatable bonds is 7. The van der Waals surface area contributed by atoms with E-state index in [9.17, 15) is 4.79 Å². The van der Waals surface area contributed by atoms with Crippen molar-refractivity contribution in [3.8, 4) is 0 Å². The minimum absolute atomic E-state index is 0. The van der Waals surface area contributed by atoms with E-state index in [1.54, 1.807) is 0 Å². The highest BCUT2D eigenvalue weighted by Crippen LogP contribution is 2.21. The van der Waals surface area contributed by atoms with Crippen LogP contribution in [0, 0.1) is 0 Å². The molecule has 2 aromatic carbocycles. The molecule has 2 N–H and O–H groups in total. The Morgan fingerprint density at radius 3 is 2.48 bits per heavy atom. The summed E-state index contributed by atoms with van der Waals surface area (Å²) in [6, 6.07) is 18.4. The van der Waals surface area contributed by atoms with E-state index in [1.807, 2.05) is 35.2 Å². The molecule has 1 unspecified atom stereocenters. The highest BCUT2D eigenvalue weighted by molar-refractivity contribution is 14.0. The van der Waals surface area contributed by atoms with Crippen LogP contribution in [0.3, 0.4) is 0 Å². The van der Waals surface area contributed by atoms with Crippen molar-refractivity contribution in [3.63, 3.8) is 0 Å². The molecule has 4 rings (SSSR count). The van der Waals surface area contributed by atoms with Gasteiger partial charge in [-0.25, -0.2) is 4.99 Å². The van der Waals surface area contributed by atoms with Gasteiger partial charge in [-0.15, -0.1) is 24.0 Å². The minimum atomic E-state index is 0. The van der Waals surface area contributed by atoms with Gasteiger partial charge in [-0.3, -0.25) is 9.69 Å². The zero-order valence-electron chi connectivity index (χ0n) is 19.2. The number of carbonyl (C=O) groups is 1. The summed E-state index contributed by atoms with van der Waals surface area (Å²) in [4.78, 5) is 21.7. The predicted octanol–water partition coefficient (Wildman–Crippen LogP) is 3.00. The number of anilines is 1. The number of guanidine groups is 1. The van der Waals surface area contributed by atoms with Gasteiger partial charge in [0.2, 0.25) is 5.91 Å². The highest BCUT2D eigenvalue weighted by atomic mass is 127. The first-order valence-corrected chi connectivity index (χ1v) is 11.5. The fraction of sp³-hybridized carbons (Fsp3) is 0.440. The quantitative estimate of drug-likeness (QED) is 0.308. The number of nitrogens with zero attached hydrogens (tertiary/aromatic N) is 3. The molecule has 2 heterocycles. The topological polar surface area (TPSA) is 69.2 Å². The van der Waals surface area contributed by atoms with E-state index in [0.717, 1.165) is 51.0 Å². The third-order valence-corrected chi connectivity index (χ3v) is 5.90. The van der Waals surface area contributed by atoms with Crippen LogP contribution in [-0.4, -0.2) is 62.2 Å². The van der Waals surface area contributed by atoms with Crippen molar-refractivity contribution in [1.29, 1.82) is 0 Å². The zero-order chi connectivity index (χ0) is 22.2. The number of ether oxygens (including phenoxy) is 1. The van der Waals surface area contributed by atoms with Crippen LogP contribution in [-0.2, 0) is 22.6 Å². The van der Waals surface area contributed by atoms with Crippen LogP contribution < -0.4 is 15.5 Å². The molecular formula is C25H34IN5O2. The largest absolute Gasteiger partial charge is 0.379 e. The molecule has 1 atom stereocenters. The summed E-state index contributed by atoms with van der Waals surface area (Å²) in [5.41, 5.74) is 3.48. The fourth-order valence-corrected chi connectivity index (χ4v) is 4.21. The average Bonchev–Trinajstić information content (AvgIpc) is 3.19. The Balaban J connectivity index is 0.00000306. The lowest BCUT2D eigenvalue weighted by Crippen LogP contribution is -2.44. The minimum Gasteiger partial charge on any atom is -0.379 e. The van der Waals surface area contributed by atoms with Gasteiger partial charge in [0, 0.05) is 44.8 Å². The molecule has 33 heavy (non-hydrogen) atoms. The fourth-order valence-electron chi connectivity index (χ4n) is 4.21. The molecule has 2 fully saturated rings. The Morgan fingerprint density at radius 1 is 1.06 bits per heavy atom. The molecule has 2 saturated heterocycles. The van der Waals surface area contributed by atoms with Gasteiger partial charge in [0.15, 0.2) is 5.96 Å². The number of morpholine rings is 1. The summed E-state index contributed by atoms with van der Waals surface area (Å²) in [6.07, 6.45) is 0.465. The highest BCUT2D eigenvalue weighted by Gasteiger charge is 2.31. The van der Waals surface area contributed by atoms with Crippen LogP contribution >= 0.6 is 24.0 Å². The third kappa shape index (κ3) is 7.15. The summed E-state index contributed by atoms with van der Waals surface area (Å²) in [5.74, 6) is 0.891. The summed E-state index contributed by atoms with van der Waals surface area (Å²) >= 11 is 0. The molecule has 8 heteroatoms. The van der Waals surface area contributed by atoms with Crippen molar-refractivity contribution < 1.29 is 9.53 Å². The number of para-hydroxylation sites is 1. The molecule has 0 saturated carbocycles. The number of nitrogens with one attached hydrogen (secondary N) is 2. The maximum Gasteiger partial charge on any atom is 0.229 e. The van der Waals surface area contributed by atoms with Gasteiger partial charge in [-0.05, 0) is 30.2 Å². The normalized spacial score (nSPS) is 19.3. The molecule has 0 aliphatic carbocycles. The number of amides is 1. The van der Waals surface area contributed by atoms with Crippen LogP contribution in [0.1, 0.15) is 24.5 Å². The molecule has 2 aromatic rings. The lowest BCUT2D eigenvalue weighted by Gasteiger charge is -2.27. The van der Waals surface area contributed by atoms with Gasteiger partial charge in [0.1, 0.15) is 0 Å². The molecule has 0 bridgehead atoms. The molecular weight excluding hydrogens is 529 g/mol. The summed E-state index contributed by atoms with van der Waals surface area (Å²) in [6.45, 7) is 8.51. The van der Waals surface area contributed by atoms with Crippen LogP contribution in [0.15, 0.2) is 59.6 Å².